The molecule has 4 rings (SSSR count). The molecule has 0 unspecified atom stereocenters. The highest BCUT2D eigenvalue weighted by molar-refractivity contribution is 6.04. The highest BCUT2D eigenvalue weighted by Gasteiger charge is 2.36. The van der Waals surface area contributed by atoms with Crippen LogP contribution >= 0.6 is 0 Å². The van der Waals surface area contributed by atoms with Gasteiger partial charge in [0.2, 0.25) is 17.8 Å². The normalized spacial score (nSPS) is 23.5. The molecule has 2 amide bonds. The van der Waals surface area contributed by atoms with Crippen molar-refractivity contribution in [3.8, 4) is 0 Å². The van der Waals surface area contributed by atoms with Crippen molar-refractivity contribution >= 4 is 29.3 Å². The highest BCUT2D eigenvalue weighted by Crippen LogP contribution is 2.32. The number of hydrogen-bond donors (Lipinski definition) is 3. The molecule has 0 saturated carbocycles. The molecule has 1 fully saturated rings. The zero-order valence-electron chi connectivity index (χ0n) is 16.9. The summed E-state index contributed by atoms with van der Waals surface area (Å²) in [4.78, 5) is 47.4. The Morgan fingerprint density at radius 2 is 1.97 bits per heavy atom. The second-order valence-electron chi connectivity index (χ2n) is 7.99. The molecule has 8 nitrogen and oxygen atoms in total. The van der Waals surface area contributed by atoms with Gasteiger partial charge in [0.1, 0.15) is 11.6 Å². The minimum absolute atomic E-state index is 0.106. The highest BCUT2D eigenvalue weighted by atomic mass is 19.1. The molecule has 0 bridgehead atoms. The van der Waals surface area contributed by atoms with Crippen molar-refractivity contribution in [2.45, 2.75) is 57.5 Å². The van der Waals surface area contributed by atoms with Crippen LogP contribution in [0.25, 0.3) is 0 Å². The van der Waals surface area contributed by atoms with Crippen LogP contribution in [0.4, 0.5) is 21.8 Å². The number of halogens is 1. The number of carbonyl (C=O) groups is 2. The Morgan fingerprint density at radius 1 is 1.23 bits per heavy atom. The molecule has 1 aromatic heterocycles. The van der Waals surface area contributed by atoms with Crippen molar-refractivity contribution in [2.24, 2.45) is 0 Å². The molecule has 158 valence electrons. The third-order valence-electron chi connectivity index (χ3n) is 5.79. The van der Waals surface area contributed by atoms with E-state index in [9.17, 15) is 18.8 Å². The number of aromatic amines is 1. The molecule has 0 aliphatic carbocycles. The molecule has 2 aliphatic heterocycles. The SMILES string of the molecule is C[C@H]1CCC[C@H](C)N1c1nc2c(c(=O)[nH]1)[C@@H](C(=O)Nc1cccc(F)c1)CC(=O)N2. The summed E-state index contributed by atoms with van der Waals surface area (Å²) in [5.74, 6) is -1.97. The lowest BCUT2D eigenvalue weighted by Gasteiger charge is -2.39. The lowest BCUT2D eigenvalue weighted by molar-refractivity contribution is -0.123. The summed E-state index contributed by atoms with van der Waals surface area (Å²) < 4.78 is 13.4. The number of rotatable bonds is 3. The van der Waals surface area contributed by atoms with Crippen molar-refractivity contribution in [1.29, 1.82) is 0 Å². The van der Waals surface area contributed by atoms with Crippen LogP contribution in [0.1, 0.15) is 51.0 Å². The van der Waals surface area contributed by atoms with E-state index in [0.29, 0.717) is 5.95 Å². The summed E-state index contributed by atoms with van der Waals surface area (Å²) in [6.07, 6.45) is 2.88. The van der Waals surface area contributed by atoms with E-state index in [0.717, 1.165) is 19.3 Å². The zero-order chi connectivity index (χ0) is 21.4. The van der Waals surface area contributed by atoms with Gasteiger partial charge in [-0.15, -0.1) is 0 Å². The molecule has 3 atom stereocenters. The molecule has 0 spiro atoms. The Morgan fingerprint density at radius 3 is 2.67 bits per heavy atom. The van der Waals surface area contributed by atoms with E-state index in [1.165, 1.54) is 24.3 Å². The fourth-order valence-electron chi connectivity index (χ4n) is 4.34. The molecule has 0 radical (unpaired) electrons. The maximum absolute atomic E-state index is 13.4. The Balaban J connectivity index is 1.68. The van der Waals surface area contributed by atoms with Crippen LogP contribution in [0.3, 0.4) is 0 Å². The summed E-state index contributed by atoms with van der Waals surface area (Å²) in [6.45, 7) is 4.14. The zero-order valence-corrected chi connectivity index (χ0v) is 16.9. The van der Waals surface area contributed by atoms with Gasteiger partial charge in [-0.3, -0.25) is 19.4 Å². The number of anilines is 3. The topological polar surface area (TPSA) is 107 Å². The first kappa shape index (κ1) is 20.1. The van der Waals surface area contributed by atoms with Gasteiger partial charge in [0.25, 0.3) is 5.56 Å². The number of benzene rings is 1. The van der Waals surface area contributed by atoms with E-state index < -0.39 is 29.1 Å². The molecular formula is C21H24FN5O3. The number of piperidine rings is 1. The third kappa shape index (κ3) is 3.79. The van der Waals surface area contributed by atoms with E-state index in [1.807, 2.05) is 4.90 Å². The molecule has 3 heterocycles. The number of nitrogens with one attached hydrogen (secondary N) is 3. The molecule has 2 aliphatic rings. The molecule has 9 heteroatoms. The van der Waals surface area contributed by atoms with Crippen molar-refractivity contribution in [2.75, 3.05) is 15.5 Å². The lowest BCUT2D eigenvalue weighted by atomic mass is 9.92. The minimum Gasteiger partial charge on any atom is -0.337 e. The predicted molar refractivity (Wildman–Crippen MR) is 111 cm³/mol. The summed E-state index contributed by atoms with van der Waals surface area (Å²) in [6, 6.07) is 5.83. The van der Waals surface area contributed by atoms with Gasteiger partial charge in [-0.1, -0.05) is 6.07 Å². The molecular weight excluding hydrogens is 389 g/mol. The first-order valence-electron chi connectivity index (χ1n) is 10.1. The first-order chi connectivity index (χ1) is 14.3. The Kier molecular flexibility index (Phi) is 5.27. The van der Waals surface area contributed by atoms with Crippen LogP contribution in [0.2, 0.25) is 0 Å². The van der Waals surface area contributed by atoms with Crippen LogP contribution in [-0.4, -0.2) is 33.9 Å². The van der Waals surface area contributed by atoms with Crippen molar-refractivity contribution < 1.29 is 14.0 Å². The van der Waals surface area contributed by atoms with Crippen LogP contribution in [0.5, 0.6) is 0 Å². The predicted octanol–water partition coefficient (Wildman–Crippen LogP) is 2.74. The van der Waals surface area contributed by atoms with E-state index in [-0.39, 0.29) is 35.6 Å². The number of hydrogen-bond acceptors (Lipinski definition) is 5. The van der Waals surface area contributed by atoms with E-state index in [2.05, 4.69) is 34.4 Å². The maximum atomic E-state index is 13.4. The molecule has 1 saturated heterocycles. The second kappa shape index (κ2) is 7.89. The average molecular weight is 413 g/mol. The quantitative estimate of drug-likeness (QED) is 0.717. The minimum atomic E-state index is -1.02. The van der Waals surface area contributed by atoms with Gasteiger partial charge in [-0.05, 0) is 51.3 Å². The van der Waals surface area contributed by atoms with Gasteiger partial charge >= 0.3 is 0 Å². The maximum Gasteiger partial charge on any atom is 0.258 e. The van der Waals surface area contributed by atoms with E-state index in [4.69, 9.17) is 0 Å². The number of nitrogens with zero attached hydrogens (tertiary/aromatic N) is 2. The second-order valence-corrected chi connectivity index (χ2v) is 7.99. The van der Waals surface area contributed by atoms with Crippen LogP contribution in [0, 0.1) is 5.82 Å². The number of H-pyrrole nitrogens is 1. The summed E-state index contributed by atoms with van der Waals surface area (Å²) in [5, 5.41) is 5.21. The largest absolute Gasteiger partial charge is 0.337 e. The number of aromatic nitrogens is 2. The van der Waals surface area contributed by atoms with Gasteiger partial charge < -0.3 is 15.5 Å². The van der Waals surface area contributed by atoms with Gasteiger partial charge in [0, 0.05) is 24.2 Å². The third-order valence-corrected chi connectivity index (χ3v) is 5.79. The molecule has 2 aromatic rings. The summed E-state index contributed by atoms with van der Waals surface area (Å²) >= 11 is 0. The van der Waals surface area contributed by atoms with Crippen molar-refractivity contribution in [1.82, 2.24) is 9.97 Å². The van der Waals surface area contributed by atoms with E-state index in [1.54, 1.807) is 0 Å². The fraction of sp³-hybridized carbons (Fsp3) is 0.429. The molecule has 30 heavy (non-hydrogen) atoms. The average Bonchev–Trinajstić information content (AvgIpc) is 2.67. The van der Waals surface area contributed by atoms with E-state index >= 15 is 0 Å². The van der Waals surface area contributed by atoms with Gasteiger partial charge in [-0.25, -0.2) is 4.39 Å². The van der Waals surface area contributed by atoms with Crippen molar-refractivity contribution in [3.63, 3.8) is 0 Å². The Hall–Kier alpha value is -3.23. The Labute approximate surface area is 172 Å². The summed E-state index contributed by atoms with van der Waals surface area (Å²) in [5.41, 5.74) is -0.0894. The molecule has 1 aromatic carbocycles. The molecule has 3 N–H and O–H groups in total. The monoisotopic (exact) mass is 413 g/mol. The fourth-order valence-corrected chi connectivity index (χ4v) is 4.34. The smallest absolute Gasteiger partial charge is 0.258 e. The van der Waals surface area contributed by atoms with Gasteiger partial charge in [-0.2, -0.15) is 4.98 Å². The van der Waals surface area contributed by atoms with Gasteiger partial charge in [0.15, 0.2) is 0 Å². The lowest BCUT2D eigenvalue weighted by Crippen LogP contribution is -2.46. The van der Waals surface area contributed by atoms with Crippen LogP contribution in [0.15, 0.2) is 29.1 Å². The standard InChI is InChI=1S/C21H24FN5O3/c1-11-5-3-6-12(2)27(11)21-25-18-17(20(30)26-21)15(10-16(28)24-18)19(29)23-14-8-4-7-13(22)9-14/h4,7-9,11-12,15H,3,5-6,10H2,1-2H3,(H,23,29)(H2,24,25,26,28,30)/t11-,12-,15-/m0/s1. The number of carbonyl (C=O) groups excluding carboxylic acids is 2. The Bertz CT molecular complexity index is 1040. The van der Waals surface area contributed by atoms with Crippen LogP contribution < -0.4 is 21.1 Å². The van der Waals surface area contributed by atoms with Gasteiger partial charge in [0.05, 0.1) is 11.5 Å². The van der Waals surface area contributed by atoms with Crippen molar-refractivity contribution in [3.05, 3.63) is 46.0 Å². The number of fused-ring (bicyclic) bond motifs is 1. The summed E-state index contributed by atoms with van der Waals surface area (Å²) in [7, 11) is 0. The first-order valence-corrected chi connectivity index (χ1v) is 10.1. The van der Waals surface area contributed by atoms with Crippen LogP contribution in [-0.2, 0) is 9.59 Å². The number of amides is 2.